The molecule has 1 aromatic rings. The van der Waals surface area contributed by atoms with Crippen molar-refractivity contribution < 1.29 is 22.7 Å². The van der Waals surface area contributed by atoms with Gasteiger partial charge in [0, 0.05) is 6.07 Å². The zero-order valence-electron chi connectivity index (χ0n) is 9.18. The molecule has 0 atom stereocenters. The summed E-state index contributed by atoms with van der Waals surface area (Å²) in [5, 5.41) is 0. The Balaban J connectivity index is 3.29. The van der Waals surface area contributed by atoms with Crippen molar-refractivity contribution in [3.63, 3.8) is 0 Å². The fourth-order valence-electron chi connectivity index (χ4n) is 1.15. The lowest BCUT2D eigenvalue weighted by Crippen LogP contribution is -2.22. The van der Waals surface area contributed by atoms with Gasteiger partial charge in [0.2, 0.25) is 0 Å². The van der Waals surface area contributed by atoms with Gasteiger partial charge in [-0.2, -0.15) is 0 Å². The van der Waals surface area contributed by atoms with Gasteiger partial charge in [0.15, 0.2) is 0 Å². The SMILES string of the molecule is CONS(=O)(=O)c1cc(OC)ccc1OC. The summed E-state index contributed by atoms with van der Waals surface area (Å²) in [6, 6.07) is 4.45. The molecule has 0 unspecified atom stereocenters. The molecule has 0 aromatic heterocycles. The van der Waals surface area contributed by atoms with Crippen LogP contribution in [0, 0.1) is 0 Å². The Kier molecular flexibility index (Phi) is 4.11. The number of ether oxygens (including phenoxy) is 2. The van der Waals surface area contributed by atoms with E-state index in [-0.39, 0.29) is 10.6 Å². The molecule has 0 amide bonds. The minimum atomic E-state index is -3.76. The third-order valence-electron chi connectivity index (χ3n) is 1.85. The van der Waals surface area contributed by atoms with Crippen LogP contribution in [0.25, 0.3) is 0 Å². The molecule has 0 saturated carbocycles. The molecule has 0 bridgehead atoms. The molecular formula is C9H13NO5S. The fraction of sp³-hybridized carbons (Fsp3) is 0.333. The molecule has 0 radical (unpaired) electrons. The van der Waals surface area contributed by atoms with E-state index in [0.717, 1.165) is 0 Å². The van der Waals surface area contributed by atoms with Crippen molar-refractivity contribution in [2.45, 2.75) is 4.90 Å². The highest BCUT2D eigenvalue weighted by atomic mass is 32.2. The number of methoxy groups -OCH3 is 2. The number of nitrogens with one attached hydrogen (secondary N) is 1. The summed E-state index contributed by atoms with van der Waals surface area (Å²) in [7, 11) is 0.279. The molecular weight excluding hydrogens is 234 g/mol. The van der Waals surface area contributed by atoms with Crippen molar-refractivity contribution in [1.29, 1.82) is 0 Å². The quantitative estimate of drug-likeness (QED) is 0.769. The Morgan fingerprint density at radius 3 is 2.31 bits per heavy atom. The van der Waals surface area contributed by atoms with Gasteiger partial charge in [-0.25, -0.2) is 8.42 Å². The molecule has 0 fully saturated rings. The lowest BCUT2D eigenvalue weighted by molar-refractivity contribution is 0.153. The van der Waals surface area contributed by atoms with Crippen molar-refractivity contribution in [2.75, 3.05) is 21.3 Å². The fourth-order valence-corrected chi connectivity index (χ4v) is 2.15. The van der Waals surface area contributed by atoms with E-state index < -0.39 is 10.0 Å². The number of sulfonamides is 1. The first kappa shape index (κ1) is 12.8. The maximum absolute atomic E-state index is 11.7. The van der Waals surface area contributed by atoms with E-state index in [1.807, 2.05) is 4.89 Å². The average Bonchev–Trinajstić information content (AvgIpc) is 2.28. The largest absolute Gasteiger partial charge is 0.497 e. The molecule has 6 nitrogen and oxygen atoms in total. The van der Waals surface area contributed by atoms with Crippen LogP contribution >= 0.6 is 0 Å². The Morgan fingerprint density at radius 1 is 1.12 bits per heavy atom. The predicted molar refractivity (Wildman–Crippen MR) is 56.9 cm³/mol. The van der Waals surface area contributed by atoms with Crippen molar-refractivity contribution in [3.05, 3.63) is 18.2 Å². The Hall–Kier alpha value is -1.31. The van der Waals surface area contributed by atoms with Gasteiger partial charge in [-0.05, 0) is 12.1 Å². The number of hydrogen-bond acceptors (Lipinski definition) is 5. The van der Waals surface area contributed by atoms with Crippen molar-refractivity contribution >= 4 is 10.0 Å². The van der Waals surface area contributed by atoms with E-state index in [1.165, 1.54) is 33.5 Å². The van der Waals surface area contributed by atoms with Crippen LogP contribution in [0.15, 0.2) is 23.1 Å². The van der Waals surface area contributed by atoms with Gasteiger partial charge in [0.05, 0.1) is 21.3 Å². The summed E-state index contributed by atoms with van der Waals surface area (Å²) < 4.78 is 33.3. The highest BCUT2D eigenvalue weighted by Gasteiger charge is 2.20. The molecule has 0 aliphatic rings. The molecule has 1 N–H and O–H groups in total. The Bertz CT molecular complexity index is 457. The standard InChI is InChI=1S/C9H13NO5S/c1-13-7-4-5-8(14-2)9(6-7)16(11,12)10-15-3/h4-6,10H,1-3H3. The van der Waals surface area contributed by atoms with Crippen LogP contribution in [-0.2, 0) is 14.9 Å². The zero-order chi connectivity index (χ0) is 12.2. The number of rotatable bonds is 5. The van der Waals surface area contributed by atoms with E-state index >= 15 is 0 Å². The highest BCUT2D eigenvalue weighted by molar-refractivity contribution is 7.89. The van der Waals surface area contributed by atoms with Crippen LogP contribution in [0.1, 0.15) is 0 Å². The lowest BCUT2D eigenvalue weighted by atomic mass is 10.3. The van der Waals surface area contributed by atoms with Gasteiger partial charge in [-0.15, -0.1) is 0 Å². The second kappa shape index (κ2) is 5.15. The van der Waals surface area contributed by atoms with Gasteiger partial charge >= 0.3 is 0 Å². The van der Waals surface area contributed by atoms with Crippen LogP contribution in [0.5, 0.6) is 11.5 Å². The average molecular weight is 247 g/mol. The zero-order valence-corrected chi connectivity index (χ0v) is 10.00. The molecule has 0 heterocycles. The third kappa shape index (κ3) is 2.63. The molecule has 90 valence electrons. The van der Waals surface area contributed by atoms with E-state index in [0.29, 0.717) is 5.75 Å². The van der Waals surface area contributed by atoms with E-state index in [1.54, 1.807) is 6.07 Å². The van der Waals surface area contributed by atoms with Gasteiger partial charge in [-0.3, -0.25) is 4.84 Å². The third-order valence-corrected chi connectivity index (χ3v) is 3.14. The monoisotopic (exact) mass is 247 g/mol. The first-order chi connectivity index (χ1) is 7.55. The van der Waals surface area contributed by atoms with Crippen molar-refractivity contribution in [2.24, 2.45) is 0 Å². The second-order valence-corrected chi connectivity index (χ2v) is 4.42. The summed E-state index contributed by atoms with van der Waals surface area (Å²) in [5.74, 6) is 0.627. The first-order valence-corrected chi connectivity index (χ1v) is 5.80. The van der Waals surface area contributed by atoms with Crippen LogP contribution < -0.4 is 14.4 Å². The van der Waals surface area contributed by atoms with Gasteiger partial charge in [0.25, 0.3) is 10.0 Å². The summed E-state index contributed by atoms with van der Waals surface area (Å²) in [4.78, 5) is 6.26. The van der Waals surface area contributed by atoms with E-state index in [4.69, 9.17) is 9.47 Å². The van der Waals surface area contributed by atoms with Crippen molar-refractivity contribution in [1.82, 2.24) is 4.89 Å². The molecule has 1 rings (SSSR count). The van der Waals surface area contributed by atoms with Crippen molar-refractivity contribution in [3.8, 4) is 11.5 Å². The summed E-state index contributed by atoms with van der Waals surface area (Å²) in [6.45, 7) is 0. The molecule has 16 heavy (non-hydrogen) atoms. The van der Waals surface area contributed by atoms with Crippen LogP contribution in [-0.4, -0.2) is 29.7 Å². The van der Waals surface area contributed by atoms with Crippen LogP contribution in [0.3, 0.4) is 0 Å². The molecule has 0 spiro atoms. The smallest absolute Gasteiger partial charge is 0.266 e. The minimum Gasteiger partial charge on any atom is -0.497 e. The van der Waals surface area contributed by atoms with Gasteiger partial charge in [-0.1, -0.05) is 4.89 Å². The first-order valence-electron chi connectivity index (χ1n) is 4.32. The summed E-state index contributed by atoms with van der Waals surface area (Å²) >= 11 is 0. The normalized spacial score (nSPS) is 11.2. The maximum Gasteiger partial charge on any atom is 0.266 e. The molecule has 7 heteroatoms. The van der Waals surface area contributed by atoms with Gasteiger partial charge in [0.1, 0.15) is 16.4 Å². The molecule has 0 saturated heterocycles. The molecule has 0 aliphatic heterocycles. The summed E-state index contributed by atoms with van der Waals surface area (Å²) in [6.07, 6.45) is 0. The molecule has 1 aromatic carbocycles. The number of hydrogen-bond donors (Lipinski definition) is 1. The van der Waals surface area contributed by atoms with Crippen LogP contribution in [0.4, 0.5) is 0 Å². The minimum absolute atomic E-state index is 0.0452. The Labute approximate surface area is 94.1 Å². The van der Waals surface area contributed by atoms with Crippen LogP contribution in [0.2, 0.25) is 0 Å². The maximum atomic E-state index is 11.7. The highest BCUT2D eigenvalue weighted by Crippen LogP contribution is 2.27. The lowest BCUT2D eigenvalue weighted by Gasteiger charge is -2.10. The van der Waals surface area contributed by atoms with Gasteiger partial charge < -0.3 is 9.47 Å². The second-order valence-electron chi connectivity index (χ2n) is 2.81. The number of benzene rings is 1. The topological polar surface area (TPSA) is 73.9 Å². The summed E-state index contributed by atoms with van der Waals surface area (Å²) in [5.41, 5.74) is 0. The van der Waals surface area contributed by atoms with E-state index in [2.05, 4.69) is 4.84 Å². The molecule has 0 aliphatic carbocycles. The Morgan fingerprint density at radius 2 is 1.81 bits per heavy atom. The predicted octanol–water partition coefficient (Wildman–Crippen LogP) is 0.543. The van der Waals surface area contributed by atoms with E-state index in [9.17, 15) is 8.42 Å².